The fourth-order valence-corrected chi connectivity index (χ4v) is 9.27. The quantitative estimate of drug-likeness (QED) is 0.111. The molecular weight excluding hydrogens is 707 g/mol. The van der Waals surface area contributed by atoms with E-state index in [-0.39, 0.29) is 25.5 Å². The number of likely N-dealkylation sites (tertiary alicyclic amines) is 1. The van der Waals surface area contributed by atoms with Crippen LogP contribution in [0, 0.1) is 22.9 Å². The molecule has 2 saturated carbocycles. The highest BCUT2D eigenvalue weighted by molar-refractivity contribution is 7.65. The zero-order chi connectivity index (χ0) is 38.8. The van der Waals surface area contributed by atoms with Gasteiger partial charge in [-0.1, -0.05) is 63.1 Å². The van der Waals surface area contributed by atoms with Gasteiger partial charge in [0, 0.05) is 35.4 Å². The molecule has 2 aliphatic carbocycles. The van der Waals surface area contributed by atoms with Gasteiger partial charge < -0.3 is 34.6 Å². The maximum Gasteiger partial charge on any atom is 0.408 e. The summed E-state index contributed by atoms with van der Waals surface area (Å²) in [5.41, 5.74) is 3.79. The van der Waals surface area contributed by atoms with Gasteiger partial charge in [-0.25, -0.2) is 9.78 Å². The van der Waals surface area contributed by atoms with Gasteiger partial charge >= 0.3 is 6.09 Å². The third kappa shape index (κ3) is 7.98. The Labute approximate surface area is 316 Å². The first-order chi connectivity index (χ1) is 25.7. The fraction of sp³-hybridized carbons (Fsp3) is 0.463. The number of pyridine rings is 1. The molecule has 6 rings (SSSR count). The molecule has 12 nitrogen and oxygen atoms in total. The molecule has 1 saturated heterocycles. The topological polar surface area (TPSA) is 156 Å². The Morgan fingerprint density at radius 3 is 2.46 bits per heavy atom. The number of ether oxygens (including phenoxy) is 3. The van der Waals surface area contributed by atoms with Crippen LogP contribution in [0.3, 0.4) is 0 Å². The summed E-state index contributed by atoms with van der Waals surface area (Å²) in [7, 11) is -2.62. The van der Waals surface area contributed by atoms with Crippen molar-refractivity contribution >= 4 is 36.2 Å². The molecule has 3 amide bonds. The normalized spacial score (nSPS) is 24.0. The van der Waals surface area contributed by atoms with E-state index >= 15 is 0 Å². The van der Waals surface area contributed by atoms with Crippen LogP contribution in [0.15, 0.2) is 67.3 Å². The van der Waals surface area contributed by atoms with Gasteiger partial charge in [0.1, 0.15) is 41.1 Å². The average molecular weight is 757 g/mol. The highest BCUT2D eigenvalue weighted by atomic mass is 31.2. The SMILES string of the molecule is C=C[C@@H]1C[C@]1(NC(=O)[C@@H]1C[C@@H](Oc2cc(-c3ccccc3)nc3cc(OC)ccc23)CN1C(=O)[C@@H](NC(=O)OC1CCCC1)C(C)(C)C)P(=O)(O)C#CC. The molecule has 1 unspecified atom stereocenters. The molecule has 3 N–H and O–H groups in total. The summed E-state index contributed by atoms with van der Waals surface area (Å²) in [6.07, 6.45) is 3.65. The van der Waals surface area contributed by atoms with Crippen molar-refractivity contribution in [2.75, 3.05) is 13.7 Å². The number of carbonyl (C=O) groups is 3. The van der Waals surface area contributed by atoms with Gasteiger partial charge in [0.25, 0.3) is 7.37 Å². The summed E-state index contributed by atoms with van der Waals surface area (Å²) >= 11 is 0. The third-order valence-corrected chi connectivity index (χ3v) is 12.8. The summed E-state index contributed by atoms with van der Waals surface area (Å²) < 4.78 is 31.3. The zero-order valence-electron chi connectivity index (χ0n) is 31.5. The summed E-state index contributed by atoms with van der Waals surface area (Å²) in [5, 5.41) is 4.81. The second-order valence-electron chi connectivity index (χ2n) is 15.4. The van der Waals surface area contributed by atoms with Gasteiger partial charge in [0.15, 0.2) is 0 Å². The molecule has 3 aliphatic rings. The first-order valence-corrected chi connectivity index (χ1v) is 20.1. The van der Waals surface area contributed by atoms with Crippen molar-refractivity contribution in [2.24, 2.45) is 11.3 Å². The Bertz CT molecular complexity index is 2030. The van der Waals surface area contributed by atoms with Gasteiger partial charge in [0.05, 0.1) is 24.9 Å². The van der Waals surface area contributed by atoms with E-state index in [1.807, 2.05) is 75.4 Å². The van der Waals surface area contributed by atoms with Crippen LogP contribution in [-0.4, -0.2) is 75.9 Å². The predicted octanol–water partition coefficient (Wildman–Crippen LogP) is 6.61. The molecule has 0 spiro atoms. The van der Waals surface area contributed by atoms with E-state index in [2.05, 4.69) is 28.8 Å². The first kappa shape index (κ1) is 38.9. The maximum atomic E-state index is 14.7. The summed E-state index contributed by atoms with van der Waals surface area (Å²) in [5.74, 6) is 2.02. The number of methoxy groups -OCH3 is 1. The second kappa shape index (κ2) is 15.5. The predicted molar refractivity (Wildman–Crippen MR) is 206 cm³/mol. The van der Waals surface area contributed by atoms with Crippen molar-refractivity contribution in [2.45, 2.75) is 95.8 Å². The summed E-state index contributed by atoms with van der Waals surface area (Å²) in [6, 6.07) is 14.8. The number of fused-ring (bicyclic) bond motifs is 1. The molecule has 286 valence electrons. The Morgan fingerprint density at radius 1 is 1.11 bits per heavy atom. The number of nitrogens with one attached hydrogen (secondary N) is 2. The second-order valence-corrected chi connectivity index (χ2v) is 17.6. The van der Waals surface area contributed by atoms with E-state index in [0.717, 1.165) is 31.2 Å². The number of hydrogen-bond donors (Lipinski definition) is 3. The maximum absolute atomic E-state index is 14.7. The van der Waals surface area contributed by atoms with Gasteiger partial charge in [0.2, 0.25) is 11.8 Å². The minimum Gasteiger partial charge on any atom is -0.497 e. The molecule has 3 aromatic rings. The molecule has 0 radical (unpaired) electrons. The molecule has 54 heavy (non-hydrogen) atoms. The summed E-state index contributed by atoms with van der Waals surface area (Å²) in [4.78, 5) is 59.5. The summed E-state index contributed by atoms with van der Waals surface area (Å²) in [6.45, 7) is 10.7. The Balaban J connectivity index is 1.35. The Morgan fingerprint density at radius 2 is 1.83 bits per heavy atom. The minimum absolute atomic E-state index is 0.00701. The average Bonchev–Trinajstić information content (AvgIpc) is 3.41. The number of aromatic nitrogens is 1. The lowest BCUT2D eigenvalue weighted by Crippen LogP contribution is -2.58. The van der Waals surface area contributed by atoms with E-state index in [1.54, 1.807) is 7.11 Å². The smallest absolute Gasteiger partial charge is 0.408 e. The molecule has 1 aliphatic heterocycles. The number of carbonyl (C=O) groups excluding carboxylic acids is 3. The van der Waals surface area contributed by atoms with Crippen molar-refractivity contribution in [1.29, 1.82) is 0 Å². The van der Waals surface area contributed by atoms with Gasteiger partial charge in [-0.05, 0) is 62.2 Å². The van der Waals surface area contributed by atoms with Gasteiger partial charge in [-0.15, -0.1) is 6.58 Å². The van der Waals surface area contributed by atoms with Crippen molar-refractivity contribution < 1.29 is 38.1 Å². The lowest BCUT2D eigenvalue weighted by atomic mass is 9.85. The molecular formula is C41H49N4O8P. The van der Waals surface area contributed by atoms with Crippen LogP contribution in [-0.2, 0) is 18.9 Å². The lowest BCUT2D eigenvalue weighted by molar-refractivity contribution is -0.142. The van der Waals surface area contributed by atoms with E-state index in [0.29, 0.717) is 28.1 Å². The van der Waals surface area contributed by atoms with E-state index < -0.39 is 60.1 Å². The number of amides is 3. The highest BCUT2D eigenvalue weighted by Crippen LogP contribution is 2.69. The van der Waals surface area contributed by atoms with Crippen LogP contribution < -0.4 is 20.1 Å². The van der Waals surface area contributed by atoms with Crippen LogP contribution in [0.25, 0.3) is 22.2 Å². The van der Waals surface area contributed by atoms with Gasteiger partial charge in [-0.3, -0.25) is 14.2 Å². The molecule has 13 heteroatoms. The Hall–Kier alpha value is -4.85. The Kier molecular flexibility index (Phi) is 11.1. The molecule has 2 heterocycles. The molecule has 0 bridgehead atoms. The van der Waals surface area contributed by atoms with Gasteiger partial charge in [-0.2, -0.15) is 0 Å². The van der Waals surface area contributed by atoms with Crippen molar-refractivity contribution in [3.05, 3.63) is 67.3 Å². The number of alkyl carbamates (subject to hydrolysis) is 1. The van der Waals surface area contributed by atoms with E-state index in [1.165, 1.54) is 17.9 Å². The van der Waals surface area contributed by atoms with Crippen LogP contribution in [0.4, 0.5) is 4.79 Å². The molecule has 2 aromatic carbocycles. The monoisotopic (exact) mass is 756 g/mol. The first-order valence-electron chi connectivity index (χ1n) is 18.4. The van der Waals surface area contributed by atoms with Crippen molar-refractivity contribution in [3.63, 3.8) is 0 Å². The number of benzene rings is 2. The van der Waals surface area contributed by atoms with E-state index in [9.17, 15) is 23.8 Å². The van der Waals surface area contributed by atoms with Crippen LogP contribution >= 0.6 is 7.37 Å². The van der Waals surface area contributed by atoms with Crippen molar-refractivity contribution in [1.82, 2.24) is 20.5 Å². The molecule has 6 atom stereocenters. The largest absolute Gasteiger partial charge is 0.497 e. The number of nitrogens with zero attached hydrogens (tertiary/aromatic N) is 2. The van der Waals surface area contributed by atoms with E-state index in [4.69, 9.17) is 19.2 Å². The standard InChI is InChI=1S/C41H49N4O8P/c1-7-20-54(49,50)41(24-27(41)8-2)44-37(46)34-22-30(25-45(34)38(47)36(40(3,4)5)43-39(48)53-28-16-12-13-17-28)52-35-23-32(26-14-10-9-11-15-26)42-33-21-29(51-6)18-19-31(33)35/h8-11,14-15,18-19,21,23,27-28,30,34,36H,2,12-13,16-17,22,24-25H2,1,3-6H3,(H,43,48)(H,44,46)(H,49,50)/t27-,30-,34+,36-,41+/m1/s1. The molecule has 1 aromatic heterocycles. The lowest BCUT2D eigenvalue weighted by Gasteiger charge is -2.35. The highest BCUT2D eigenvalue weighted by Gasteiger charge is 2.66. The number of rotatable bonds is 11. The van der Waals surface area contributed by atoms with Crippen LogP contribution in [0.1, 0.15) is 66.2 Å². The van der Waals surface area contributed by atoms with Crippen molar-refractivity contribution in [3.8, 4) is 34.3 Å². The minimum atomic E-state index is -4.20. The zero-order valence-corrected chi connectivity index (χ0v) is 32.4. The van der Waals surface area contributed by atoms with Crippen LogP contribution in [0.5, 0.6) is 11.5 Å². The number of hydrogen-bond acceptors (Lipinski definition) is 8. The fourth-order valence-electron chi connectivity index (χ4n) is 7.51. The third-order valence-electron chi connectivity index (χ3n) is 10.6. The molecule has 3 fully saturated rings. The van der Waals surface area contributed by atoms with Crippen LogP contribution in [0.2, 0.25) is 0 Å².